The number of hydrogen-bond acceptors (Lipinski definition) is 3. The van der Waals surface area contributed by atoms with Gasteiger partial charge in [-0.2, -0.15) is 5.26 Å². The van der Waals surface area contributed by atoms with Gasteiger partial charge in [-0.15, -0.1) is 0 Å². The standard InChI is InChI=1S/C11H13FN2O/c1-8(14-6-2-5-13)10-4-3-9(15)7-11(10)12/h3-4,7-8,14-15H,2,6H2,1H3. The van der Waals surface area contributed by atoms with Gasteiger partial charge in [-0.1, -0.05) is 6.07 Å². The first-order valence-electron chi connectivity index (χ1n) is 4.74. The van der Waals surface area contributed by atoms with Gasteiger partial charge in [-0.25, -0.2) is 4.39 Å². The molecule has 80 valence electrons. The van der Waals surface area contributed by atoms with Crippen LogP contribution >= 0.6 is 0 Å². The van der Waals surface area contributed by atoms with E-state index in [0.29, 0.717) is 18.5 Å². The second-order valence-corrected chi connectivity index (χ2v) is 3.29. The molecule has 2 N–H and O–H groups in total. The predicted molar refractivity (Wildman–Crippen MR) is 54.7 cm³/mol. The number of benzene rings is 1. The van der Waals surface area contributed by atoms with Crippen LogP contribution in [0, 0.1) is 17.1 Å². The van der Waals surface area contributed by atoms with Gasteiger partial charge in [0.25, 0.3) is 0 Å². The Kier molecular flexibility index (Phi) is 4.07. The van der Waals surface area contributed by atoms with Crippen molar-refractivity contribution in [1.29, 1.82) is 5.26 Å². The molecule has 0 saturated carbocycles. The summed E-state index contributed by atoms with van der Waals surface area (Å²) < 4.78 is 13.3. The van der Waals surface area contributed by atoms with Crippen LogP contribution in [0.15, 0.2) is 18.2 Å². The summed E-state index contributed by atoms with van der Waals surface area (Å²) in [5.41, 5.74) is 0.491. The number of hydrogen-bond donors (Lipinski definition) is 2. The van der Waals surface area contributed by atoms with Gasteiger partial charge in [-0.05, 0) is 13.0 Å². The molecule has 0 bridgehead atoms. The average molecular weight is 208 g/mol. The maximum atomic E-state index is 13.3. The summed E-state index contributed by atoms with van der Waals surface area (Å²) in [7, 11) is 0. The van der Waals surface area contributed by atoms with Crippen LogP contribution in [0.2, 0.25) is 0 Å². The number of aromatic hydroxyl groups is 1. The second-order valence-electron chi connectivity index (χ2n) is 3.29. The first kappa shape index (κ1) is 11.5. The highest BCUT2D eigenvalue weighted by Gasteiger charge is 2.10. The number of nitrogens with one attached hydrogen (secondary N) is 1. The Balaban J connectivity index is 2.66. The van der Waals surface area contributed by atoms with E-state index in [1.54, 1.807) is 0 Å². The molecule has 0 fully saturated rings. The summed E-state index contributed by atoms with van der Waals surface area (Å²) in [6.07, 6.45) is 0.393. The molecule has 3 nitrogen and oxygen atoms in total. The number of rotatable bonds is 4. The number of phenols is 1. The highest BCUT2D eigenvalue weighted by Crippen LogP contribution is 2.20. The van der Waals surface area contributed by atoms with Crippen molar-refractivity contribution >= 4 is 0 Å². The maximum Gasteiger partial charge on any atom is 0.131 e. The molecule has 1 aromatic rings. The van der Waals surface area contributed by atoms with Gasteiger partial charge in [0, 0.05) is 30.6 Å². The van der Waals surface area contributed by atoms with E-state index in [1.165, 1.54) is 12.1 Å². The van der Waals surface area contributed by atoms with Crippen molar-refractivity contribution in [3.05, 3.63) is 29.6 Å². The normalized spacial score (nSPS) is 12.1. The van der Waals surface area contributed by atoms with Crippen molar-refractivity contribution in [2.75, 3.05) is 6.54 Å². The molecule has 0 aliphatic carbocycles. The molecule has 15 heavy (non-hydrogen) atoms. The molecule has 0 aliphatic rings. The van der Waals surface area contributed by atoms with E-state index < -0.39 is 5.82 Å². The zero-order valence-electron chi connectivity index (χ0n) is 8.50. The first-order chi connectivity index (χ1) is 7.15. The second kappa shape index (κ2) is 5.32. The lowest BCUT2D eigenvalue weighted by molar-refractivity contribution is 0.464. The molecule has 1 atom stereocenters. The number of phenolic OH excluding ortho intramolecular Hbond substituents is 1. The smallest absolute Gasteiger partial charge is 0.131 e. The molecule has 1 unspecified atom stereocenters. The van der Waals surface area contributed by atoms with Gasteiger partial charge in [0.15, 0.2) is 0 Å². The van der Waals surface area contributed by atoms with Crippen LogP contribution in [0.1, 0.15) is 24.9 Å². The van der Waals surface area contributed by atoms with Gasteiger partial charge < -0.3 is 10.4 Å². The molecule has 1 aromatic carbocycles. The van der Waals surface area contributed by atoms with Crippen molar-refractivity contribution < 1.29 is 9.50 Å². The van der Waals surface area contributed by atoms with Crippen LogP contribution in [0.4, 0.5) is 4.39 Å². The van der Waals surface area contributed by atoms with Crippen molar-refractivity contribution in [2.24, 2.45) is 0 Å². The minimum atomic E-state index is -0.438. The maximum absolute atomic E-state index is 13.3. The first-order valence-corrected chi connectivity index (χ1v) is 4.74. The average Bonchev–Trinajstić information content (AvgIpc) is 2.17. The Morgan fingerprint density at radius 3 is 2.93 bits per heavy atom. The molecule has 4 heteroatoms. The molecule has 0 radical (unpaired) electrons. The third-order valence-corrected chi connectivity index (χ3v) is 2.14. The number of nitrogens with zero attached hydrogens (tertiary/aromatic N) is 1. The summed E-state index contributed by atoms with van der Waals surface area (Å²) in [6, 6.07) is 5.90. The van der Waals surface area contributed by atoms with E-state index in [0.717, 1.165) is 6.07 Å². The Bertz CT molecular complexity index is 373. The van der Waals surface area contributed by atoms with Crippen LogP contribution in [0.5, 0.6) is 5.75 Å². The minimum absolute atomic E-state index is 0.0829. The molecule has 1 rings (SSSR count). The van der Waals surface area contributed by atoms with E-state index in [-0.39, 0.29) is 11.8 Å². The summed E-state index contributed by atoms with van der Waals surface area (Å²) in [5, 5.41) is 20.4. The van der Waals surface area contributed by atoms with E-state index >= 15 is 0 Å². The molecule has 0 saturated heterocycles. The third kappa shape index (κ3) is 3.22. The third-order valence-electron chi connectivity index (χ3n) is 2.14. The van der Waals surface area contributed by atoms with Crippen molar-refractivity contribution in [3.63, 3.8) is 0 Å². The monoisotopic (exact) mass is 208 g/mol. The van der Waals surface area contributed by atoms with Crippen molar-refractivity contribution in [1.82, 2.24) is 5.32 Å². The van der Waals surface area contributed by atoms with Crippen molar-refractivity contribution in [2.45, 2.75) is 19.4 Å². The lowest BCUT2D eigenvalue weighted by atomic mass is 10.1. The largest absolute Gasteiger partial charge is 0.508 e. The Hall–Kier alpha value is -1.60. The fourth-order valence-electron chi connectivity index (χ4n) is 1.32. The van der Waals surface area contributed by atoms with Crippen LogP contribution in [-0.4, -0.2) is 11.7 Å². The van der Waals surface area contributed by atoms with Crippen LogP contribution in [-0.2, 0) is 0 Å². The van der Waals surface area contributed by atoms with Crippen molar-refractivity contribution in [3.8, 4) is 11.8 Å². The lowest BCUT2D eigenvalue weighted by Crippen LogP contribution is -2.20. The van der Waals surface area contributed by atoms with E-state index in [1.807, 2.05) is 13.0 Å². The molecule has 0 aliphatic heterocycles. The van der Waals surface area contributed by atoms with E-state index in [9.17, 15) is 4.39 Å². The highest BCUT2D eigenvalue weighted by atomic mass is 19.1. The van der Waals surface area contributed by atoms with E-state index in [4.69, 9.17) is 10.4 Å². The van der Waals surface area contributed by atoms with Gasteiger partial charge in [-0.3, -0.25) is 0 Å². The summed E-state index contributed by atoms with van der Waals surface area (Å²) in [5.74, 6) is -0.521. The van der Waals surface area contributed by atoms with Crippen LogP contribution in [0.3, 0.4) is 0 Å². The SMILES string of the molecule is CC(NCCC#N)c1ccc(O)cc1F. The number of nitriles is 1. The Morgan fingerprint density at radius 1 is 1.60 bits per heavy atom. The molecule has 0 heterocycles. The lowest BCUT2D eigenvalue weighted by Gasteiger charge is -2.13. The molecular formula is C11H13FN2O. The van der Waals surface area contributed by atoms with Gasteiger partial charge >= 0.3 is 0 Å². The quantitative estimate of drug-likeness (QED) is 0.745. The summed E-state index contributed by atoms with van der Waals surface area (Å²) >= 11 is 0. The van der Waals surface area contributed by atoms with E-state index in [2.05, 4.69) is 5.32 Å². The predicted octanol–water partition coefficient (Wildman–Crippen LogP) is 2.10. The highest BCUT2D eigenvalue weighted by molar-refractivity contribution is 5.29. The Morgan fingerprint density at radius 2 is 2.33 bits per heavy atom. The zero-order chi connectivity index (χ0) is 11.3. The molecule has 0 aromatic heterocycles. The summed E-state index contributed by atoms with van der Waals surface area (Å²) in [6.45, 7) is 2.34. The van der Waals surface area contributed by atoms with Gasteiger partial charge in [0.05, 0.1) is 6.07 Å². The van der Waals surface area contributed by atoms with Crippen LogP contribution < -0.4 is 5.32 Å². The van der Waals surface area contributed by atoms with Gasteiger partial charge in [0.1, 0.15) is 11.6 Å². The molecule has 0 spiro atoms. The molecule has 0 amide bonds. The Labute approximate surface area is 88.2 Å². The summed E-state index contributed by atoms with van der Waals surface area (Å²) in [4.78, 5) is 0. The van der Waals surface area contributed by atoms with Crippen LogP contribution in [0.25, 0.3) is 0 Å². The fraction of sp³-hybridized carbons (Fsp3) is 0.364. The number of halogens is 1. The fourth-order valence-corrected chi connectivity index (χ4v) is 1.32. The topological polar surface area (TPSA) is 56.0 Å². The minimum Gasteiger partial charge on any atom is -0.508 e. The zero-order valence-corrected chi connectivity index (χ0v) is 8.50. The van der Waals surface area contributed by atoms with Gasteiger partial charge in [0.2, 0.25) is 0 Å². The molecular weight excluding hydrogens is 195 g/mol.